The third kappa shape index (κ3) is 3.90. The SMILES string of the molecule is CC1CCCN(C(N)=O)CC2C(c3ccc(C#Cc4ccccc4)cc3)CN12. The number of nitrogens with two attached hydrogens (primary N) is 1. The molecule has 2 aromatic rings. The van der Waals surface area contributed by atoms with E-state index in [4.69, 9.17) is 5.73 Å². The molecule has 0 radical (unpaired) electrons. The molecule has 2 aliphatic rings. The molecule has 144 valence electrons. The lowest BCUT2D eigenvalue weighted by Crippen LogP contribution is -2.63. The summed E-state index contributed by atoms with van der Waals surface area (Å²) in [6, 6.07) is 19.2. The number of benzene rings is 2. The van der Waals surface area contributed by atoms with Crippen LogP contribution in [0.1, 0.15) is 42.4 Å². The number of fused-ring (bicyclic) bond motifs is 1. The fraction of sp³-hybridized carbons (Fsp3) is 0.375. The first kappa shape index (κ1) is 18.6. The maximum atomic E-state index is 11.8. The molecule has 2 N–H and O–H groups in total. The van der Waals surface area contributed by atoms with Crippen LogP contribution in [0.3, 0.4) is 0 Å². The second-order valence-corrected chi connectivity index (χ2v) is 7.88. The number of urea groups is 1. The predicted molar refractivity (Wildman–Crippen MR) is 112 cm³/mol. The van der Waals surface area contributed by atoms with Crippen molar-refractivity contribution in [3.63, 3.8) is 0 Å². The van der Waals surface area contributed by atoms with Gasteiger partial charge in [-0.3, -0.25) is 4.90 Å². The zero-order valence-electron chi connectivity index (χ0n) is 16.3. The van der Waals surface area contributed by atoms with Gasteiger partial charge < -0.3 is 10.6 Å². The highest BCUT2D eigenvalue weighted by molar-refractivity contribution is 5.72. The highest BCUT2D eigenvalue weighted by atomic mass is 16.2. The van der Waals surface area contributed by atoms with Crippen LogP contribution in [0.2, 0.25) is 0 Å². The summed E-state index contributed by atoms with van der Waals surface area (Å²) < 4.78 is 0. The molecule has 28 heavy (non-hydrogen) atoms. The molecule has 2 saturated heterocycles. The van der Waals surface area contributed by atoms with E-state index in [0.29, 0.717) is 18.0 Å². The van der Waals surface area contributed by atoms with E-state index in [1.807, 2.05) is 35.2 Å². The van der Waals surface area contributed by atoms with Crippen molar-refractivity contribution in [2.45, 2.75) is 37.8 Å². The molecular formula is C24H27N3O. The summed E-state index contributed by atoms with van der Waals surface area (Å²) in [6.07, 6.45) is 2.13. The van der Waals surface area contributed by atoms with E-state index in [0.717, 1.165) is 43.6 Å². The fourth-order valence-electron chi connectivity index (χ4n) is 4.38. The van der Waals surface area contributed by atoms with Crippen molar-refractivity contribution >= 4 is 6.03 Å². The Bertz CT molecular complexity index is 882. The molecule has 3 atom stereocenters. The molecule has 4 rings (SSSR count). The molecule has 2 aromatic carbocycles. The number of primary amides is 1. The Hall–Kier alpha value is -2.77. The first-order valence-electron chi connectivity index (χ1n) is 10.1. The highest BCUT2D eigenvalue weighted by Gasteiger charge is 2.43. The Morgan fingerprint density at radius 2 is 1.68 bits per heavy atom. The first-order chi connectivity index (χ1) is 13.6. The van der Waals surface area contributed by atoms with E-state index in [-0.39, 0.29) is 6.03 Å². The average molecular weight is 374 g/mol. The summed E-state index contributed by atoms with van der Waals surface area (Å²) in [5.74, 6) is 6.89. The lowest BCUT2D eigenvalue weighted by atomic mass is 9.79. The minimum Gasteiger partial charge on any atom is -0.351 e. The van der Waals surface area contributed by atoms with Gasteiger partial charge in [0.05, 0.1) is 0 Å². The second kappa shape index (κ2) is 8.08. The van der Waals surface area contributed by atoms with E-state index in [1.165, 1.54) is 5.56 Å². The zero-order chi connectivity index (χ0) is 19.5. The summed E-state index contributed by atoms with van der Waals surface area (Å²) in [4.78, 5) is 16.1. The van der Waals surface area contributed by atoms with Gasteiger partial charge in [-0.25, -0.2) is 4.79 Å². The van der Waals surface area contributed by atoms with Crippen LogP contribution in [0, 0.1) is 11.8 Å². The summed E-state index contributed by atoms with van der Waals surface area (Å²) in [6.45, 7) is 4.84. The maximum Gasteiger partial charge on any atom is 0.314 e. The molecule has 0 saturated carbocycles. The van der Waals surface area contributed by atoms with Gasteiger partial charge in [-0.2, -0.15) is 0 Å². The minimum atomic E-state index is -0.299. The Kier molecular flexibility index (Phi) is 5.36. The topological polar surface area (TPSA) is 49.6 Å². The Morgan fingerprint density at radius 1 is 1.00 bits per heavy atom. The van der Waals surface area contributed by atoms with Gasteiger partial charge in [-0.15, -0.1) is 0 Å². The van der Waals surface area contributed by atoms with Gasteiger partial charge in [-0.1, -0.05) is 42.2 Å². The Morgan fingerprint density at radius 3 is 2.36 bits per heavy atom. The molecule has 4 nitrogen and oxygen atoms in total. The van der Waals surface area contributed by atoms with Gasteiger partial charge in [0.1, 0.15) is 0 Å². The van der Waals surface area contributed by atoms with Crippen LogP contribution < -0.4 is 5.73 Å². The molecule has 0 aliphatic carbocycles. The summed E-state index contributed by atoms with van der Waals surface area (Å²) in [5, 5.41) is 0. The number of amides is 2. The van der Waals surface area contributed by atoms with Crippen LogP contribution in [0.15, 0.2) is 54.6 Å². The van der Waals surface area contributed by atoms with Crippen molar-refractivity contribution < 1.29 is 4.79 Å². The van der Waals surface area contributed by atoms with Crippen molar-refractivity contribution in [2.24, 2.45) is 5.73 Å². The first-order valence-corrected chi connectivity index (χ1v) is 10.1. The van der Waals surface area contributed by atoms with Crippen LogP contribution in [-0.2, 0) is 0 Å². The van der Waals surface area contributed by atoms with Gasteiger partial charge in [-0.05, 0) is 49.6 Å². The normalized spacial score (nSPS) is 24.8. The van der Waals surface area contributed by atoms with E-state index in [9.17, 15) is 4.79 Å². The molecule has 0 spiro atoms. The van der Waals surface area contributed by atoms with Crippen LogP contribution in [0.4, 0.5) is 4.79 Å². The maximum absolute atomic E-state index is 11.8. The minimum absolute atomic E-state index is 0.299. The van der Waals surface area contributed by atoms with Gasteiger partial charge in [0.15, 0.2) is 0 Å². The van der Waals surface area contributed by atoms with Crippen molar-refractivity contribution in [1.29, 1.82) is 0 Å². The summed E-state index contributed by atoms with van der Waals surface area (Å²) in [5.41, 5.74) is 8.96. The average Bonchev–Trinajstić information content (AvgIpc) is 2.68. The molecule has 0 bridgehead atoms. The number of carbonyl (C=O) groups is 1. The molecule has 2 amide bonds. The molecule has 4 heteroatoms. The monoisotopic (exact) mass is 373 g/mol. The molecule has 2 aliphatic heterocycles. The lowest BCUT2D eigenvalue weighted by molar-refractivity contribution is -0.00775. The van der Waals surface area contributed by atoms with Crippen LogP contribution >= 0.6 is 0 Å². The molecule has 2 heterocycles. The van der Waals surface area contributed by atoms with E-state index in [2.05, 4.69) is 47.9 Å². The van der Waals surface area contributed by atoms with Gasteiger partial charge in [0.25, 0.3) is 0 Å². The third-order valence-corrected chi connectivity index (χ3v) is 6.10. The molecule has 0 aromatic heterocycles. The van der Waals surface area contributed by atoms with Gasteiger partial charge in [0, 0.05) is 48.8 Å². The number of carbonyl (C=O) groups excluding carboxylic acids is 1. The van der Waals surface area contributed by atoms with E-state index < -0.39 is 0 Å². The van der Waals surface area contributed by atoms with Crippen LogP contribution in [-0.4, -0.2) is 47.5 Å². The summed E-state index contributed by atoms with van der Waals surface area (Å²) in [7, 11) is 0. The predicted octanol–water partition coefficient (Wildman–Crippen LogP) is 3.42. The molecule has 2 fully saturated rings. The highest BCUT2D eigenvalue weighted by Crippen LogP contribution is 2.38. The van der Waals surface area contributed by atoms with Crippen molar-refractivity contribution in [3.05, 3.63) is 71.3 Å². The quantitative estimate of drug-likeness (QED) is 0.779. The van der Waals surface area contributed by atoms with Crippen molar-refractivity contribution in [3.8, 4) is 11.8 Å². The van der Waals surface area contributed by atoms with Crippen molar-refractivity contribution in [2.75, 3.05) is 19.6 Å². The lowest BCUT2D eigenvalue weighted by Gasteiger charge is -2.54. The number of hydrogen-bond donors (Lipinski definition) is 1. The number of nitrogens with zero attached hydrogens (tertiary/aromatic N) is 2. The fourth-order valence-corrected chi connectivity index (χ4v) is 4.38. The van der Waals surface area contributed by atoms with Gasteiger partial charge in [0.2, 0.25) is 0 Å². The second-order valence-electron chi connectivity index (χ2n) is 7.88. The van der Waals surface area contributed by atoms with Crippen molar-refractivity contribution in [1.82, 2.24) is 9.80 Å². The standard InChI is InChI=1S/C24H27N3O/c1-18-6-5-15-26(24(25)28)17-23-22(16-27(18)23)21-13-11-20(12-14-21)10-9-19-7-3-2-4-8-19/h2-4,7-8,11-14,18,22-23H,5-6,15-17H2,1H3,(H2,25,28). The number of hydrogen-bond acceptors (Lipinski definition) is 2. The third-order valence-electron chi connectivity index (χ3n) is 6.10. The van der Waals surface area contributed by atoms with Gasteiger partial charge >= 0.3 is 6.03 Å². The largest absolute Gasteiger partial charge is 0.351 e. The molecular weight excluding hydrogens is 346 g/mol. The summed E-state index contributed by atoms with van der Waals surface area (Å²) >= 11 is 0. The zero-order valence-corrected chi connectivity index (χ0v) is 16.3. The van der Waals surface area contributed by atoms with Crippen LogP contribution in [0.5, 0.6) is 0 Å². The van der Waals surface area contributed by atoms with E-state index in [1.54, 1.807) is 0 Å². The van der Waals surface area contributed by atoms with Crippen LogP contribution in [0.25, 0.3) is 0 Å². The smallest absolute Gasteiger partial charge is 0.314 e. The Labute approximate surface area is 167 Å². The molecule has 3 unspecified atom stereocenters. The number of rotatable bonds is 1. The Balaban J connectivity index is 1.48. The van der Waals surface area contributed by atoms with E-state index >= 15 is 0 Å².